The number of carbonyl (C=O) groups excluding carboxylic acids is 1. The van der Waals surface area contributed by atoms with Crippen molar-refractivity contribution in [2.75, 3.05) is 13.6 Å². The number of rotatable bonds is 7. The lowest BCUT2D eigenvalue weighted by molar-refractivity contribution is -0.127. The summed E-state index contributed by atoms with van der Waals surface area (Å²) in [6, 6.07) is 0.0724. The van der Waals surface area contributed by atoms with Gasteiger partial charge in [-0.15, -0.1) is 0 Å². The molecule has 1 saturated carbocycles. The van der Waals surface area contributed by atoms with Gasteiger partial charge in [-0.3, -0.25) is 9.69 Å². The predicted molar refractivity (Wildman–Crippen MR) is 78.0 cm³/mol. The van der Waals surface area contributed by atoms with Crippen LogP contribution in [-0.4, -0.2) is 47.2 Å². The van der Waals surface area contributed by atoms with E-state index in [9.17, 15) is 9.90 Å². The summed E-state index contributed by atoms with van der Waals surface area (Å²) in [7, 11) is 1.92. The molecule has 1 aliphatic rings. The average Bonchev–Trinajstić information content (AvgIpc) is 2.80. The van der Waals surface area contributed by atoms with Gasteiger partial charge < -0.3 is 10.4 Å². The van der Waals surface area contributed by atoms with Crippen LogP contribution in [0.5, 0.6) is 0 Å². The summed E-state index contributed by atoms with van der Waals surface area (Å²) in [5.74, 6) is 0.0674. The normalized spacial score (nSPS) is 19.9. The molecule has 0 radical (unpaired) electrons. The highest BCUT2D eigenvalue weighted by Crippen LogP contribution is 2.30. The molecule has 4 heteroatoms. The SMILES string of the molecule is CCC(CC)NC(=O)C(C)N(C)CC1(O)CCCC1. The number of likely N-dealkylation sites (N-methyl/N-ethyl adjacent to an activating group) is 1. The van der Waals surface area contributed by atoms with E-state index in [1.54, 1.807) is 0 Å². The number of carbonyl (C=O) groups is 1. The van der Waals surface area contributed by atoms with Crippen LogP contribution in [0.3, 0.4) is 0 Å². The van der Waals surface area contributed by atoms with Crippen molar-refractivity contribution >= 4 is 5.91 Å². The fourth-order valence-electron chi connectivity index (χ4n) is 2.81. The van der Waals surface area contributed by atoms with Gasteiger partial charge >= 0.3 is 0 Å². The van der Waals surface area contributed by atoms with Gasteiger partial charge in [0, 0.05) is 12.6 Å². The number of hydrogen-bond donors (Lipinski definition) is 2. The fourth-order valence-corrected chi connectivity index (χ4v) is 2.81. The molecular weight excluding hydrogens is 240 g/mol. The van der Waals surface area contributed by atoms with Gasteiger partial charge in [-0.25, -0.2) is 0 Å². The van der Waals surface area contributed by atoms with E-state index in [2.05, 4.69) is 19.2 Å². The molecule has 1 unspecified atom stereocenters. The monoisotopic (exact) mass is 270 g/mol. The molecule has 1 rings (SSSR count). The average molecular weight is 270 g/mol. The molecule has 1 amide bonds. The van der Waals surface area contributed by atoms with E-state index in [1.165, 1.54) is 0 Å². The molecule has 0 heterocycles. The van der Waals surface area contributed by atoms with E-state index < -0.39 is 5.60 Å². The van der Waals surface area contributed by atoms with Gasteiger partial charge in [0.25, 0.3) is 0 Å². The molecule has 2 N–H and O–H groups in total. The van der Waals surface area contributed by atoms with Gasteiger partial charge in [-0.2, -0.15) is 0 Å². The molecule has 0 spiro atoms. The quantitative estimate of drug-likeness (QED) is 0.743. The Kier molecular flexibility index (Phi) is 6.27. The number of nitrogens with one attached hydrogen (secondary N) is 1. The first-order valence-electron chi connectivity index (χ1n) is 7.65. The van der Waals surface area contributed by atoms with Gasteiger partial charge in [0.1, 0.15) is 0 Å². The van der Waals surface area contributed by atoms with Crippen molar-refractivity contribution in [2.45, 2.75) is 77.0 Å². The molecule has 0 aliphatic heterocycles. The fraction of sp³-hybridized carbons (Fsp3) is 0.933. The molecular formula is C15H30N2O2. The Bertz CT molecular complexity index is 284. The van der Waals surface area contributed by atoms with Gasteiger partial charge in [-0.05, 0) is 39.7 Å². The van der Waals surface area contributed by atoms with E-state index in [0.717, 1.165) is 38.5 Å². The lowest BCUT2D eigenvalue weighted by Crippen LogP contribution is -2.50. The van der Waals surface area contributed by atoms with Crippen LogP contribution in [0.25, 0.3) is 0 Å². The zero-order valence-corrected chi connectivity index (χ0v) is 12.9. The third-order valence-electron chi connectivity index (χ3n) is 4.45. The lowest BCUT2D eigenvalue weighted by Gasteiger charge is -2.32. The molecule has 19 heavy (non-hydrogen) atoms. The summed E-state index contributed by atoms with van der Waals surface area (Å²) >= 11 is 0. The Hall–Kier alpha value is -0.610. The standard InChI is InChI=1S/C15H30N2O2/c1-5-13(6-2)16-14(18)12(3)17(4)11-15(19)9-7-8-10-15/h12-13,19H,5-11H2,1-4H3,(H,16,18). The topological polar surface area (TPSA) is 52.6 Å². The van der Waals surface area contributed by atoms with Gasteiger partial charge in [0.05, 0.1) is 11.6 Å². The minimum absolute atomic E-state index is 0.0674. The van der Waals surface area contributed by atoms with E-state index in [0.29, 0.717) is 6.54 Å². The minimum atomic E-state index is -0.585. The van der Waals surface area contributed by atoms with Crippen LogP contribution in [0.15, 0.2) is 0 Å². The van der Waals surface area contributed by atoms with Gasteiger partial charge in [-0.1, -0.05) is 26.7 Å². The van der Waals surface area contributed by atoms with Gasteiger partial charge in [0.2, 0.25) is 5.91 Å². The number of aliphatic hydroxyl groups is 1. The third-order valence-corrected chi connectivity index (χ3v) is 4.45. The molecule has 1 aliphatic carbocycles. The Morgan fingerprint density at radius 1 is 1.32 bits per heavy atom. The van der Waals surface area contributed by atoms with Crippen LogP contribution in [0.2, 0.25) is 0 Å². The minimum Gasteiger partial charge on any atom is -0.389 e. The second kappa shape index (κ2) is 7.25. The first-order chi connectivity index (χ1) is 8.91. The van der Waals surface area contributed by atoms with Crippen molar-refractivity contribution < 1.29 is 9.90 Å². The number of hydrogen-bond acceptors (Lipinski definition) is 3. The Morgan fingerprint density at radius 2 is 1.84 bits per heavy atom. The number of amides is 1. The zero-order chi connectivity index (χ0) is 14.5. The molecule has 0 aromatic carbocycles. The maximum absolute atomic E-state index is 12.2. The Labute approximate surface area is 117 Å². The van der Waals surface area contributed by atoms with Crippen molar-refractivity contribution in [1.29, 1.82) is 0 Å². The highest BCUT2D eigenvalue weighted by atomic mass is 16.3. The van der Waals surface area contributed by atoms with E-state index in [4.69, 9.17) is 0 Å². The Morgan fingerprint density at radius 3 is 2.32 bits per heavy atom. The van der Waals surface area contributed by atoms with Crippen LogP contribution in [0.4, 0.5) is 0 Å². The summed E-state index contributed by atoms with van der Waals surface area (Å²) in [6.45, 7) is 6.68. The Balaban J connectivity index is 2.46. The highest BCUT2D eigenvalue weighted by molar-refractivity contribution is 5.81. The van der Waals surface area contributed by atoms with Crippen LogP contribution >= 0.6 is 0 Å². The van der Waals surface area contributed by atoms with E-state index in [1.807, 2.05) is 18.9 Å². The van der Waals surface area contributed by atoms with E-state index >= 15 is 0 Å². The molecule has 0 aromatic rings. The molecule has 0 bridgehead atoms. The first-order valence-corrected chi connectivity index (χ1v) is 7.65. The van der Waals surface area contributed by atoms with Crippen LogP contribution in [-0.2, 0) is 4.79 Å². The second-order valence-electron chi connectivity index (χ2n) is 6.04. The highest BCUT2D eigenvalue weighted by Gasteiger charge is 2.34. The largest absolute Gasteiger partial charge is 0.389 e. The summed E-state index contributed by atoms with van der Waals surface area (Å²) in [4.78, 5) is 14.1. The lowest BCUT2D eigenvalue weighted by atomic mass is 10.0. The van der Waals surface area contributed by atoms with Crippen molar-refractivity contribution in [3.8, 4) is 0 Å². The molecule has 112 valence electrons. The van der Waals surface area contributed by atoms with Crippen molar-refractivity contribution in [3.63, 3.8) is 0 Å². The predicted octanol–water partition coefficient (Wildman–Crippen LogP) is 1.92. The van der Waals surface area contributed by atoms with Crippen molar-refractivity contribution in [3.05, 3.63) is 0 Å². The first kappa shape index (κ1) is 16.4. The maximum atomic E-state index is 12.2. The van der Waals surface area contributed by atoms with Gasteiger partial charge in [0.15, 0.2) is 0 Å². The molecule has 1 atom stereocenters. The summed E-state index contributed by atoms with van der Waals surface area (Å²) < 4.78 is 0. The zero-order valence-electron chi connectivity index (χ0n) is 12.9. The van der Waals surface area contributed by atoms with Crippen LogP contribution in [0, 0.1) is 0 Å². The smallest absolute Gasteiger partial charge is 0.237 e. The summed E-state index contributed by atoms with van der Waals surface area (Å²) in [6.07, 6.45) is 5.83. The van der Waals surface area contributed by atoms with Crippen LogP contribution in [0.1, 0.15) is 59.3 Å². The third kappa shape index (κ3) is 4.77. The molecule has 4 nitrogen and oxygen atoms in total. The second-order valence-corrected chi connectivity index (χ2v) is 6.04. The van der Waals surface area contributed by atoms with Crippen molar-refractivity contribution in [1.82, 2.24) is 10.2 Å². The van der Waals surface area contributed by atoms with E-state index in [-0.39, 0.29) is 18.0 Å². The molecule has 1 fully saturated rings. The van der Waals surface area contributed by atoms with Crippen LogP contribution < -0.4 is 5.32 Å². The molecule has 0 saturated heterocycles. The maximum Gasteiger partial charge on any atom is 0.237 e. The number of nitrogens with zero attached hydrogens (tertiary/aromatic N) is 1. The molecule has 0 aromatic heterocycles. The summed E-state index contributed by atoms with van der Waals surface area (Å²) in [5, 5.41) is 13.5. The van der Waals surface area contributed by atoms with Crippen molar-refractivity contribution in [2.24, 2.45) is 0 Å². The summed E-state index contributed by atoms with van der Waals surface area (Å²) in [5.41, 5.74) is -0.585.